The van der Waals surface area contributed by atoms with Gasteiger partial charge in [0.25, 0.3) is 0 Å². The van der Waals surface area contributed by atoms with Gasteiger partial charge >= 0.3 is 0 Å². The number of aliphatic hydroxyl groups excluding tert-OH is 1. The molecular weight excluding hydrogens is 292 g/mol. The second-order valence-electron chi connectivity index (χ2n) is 5.22. The highest BCUT2D eigenvalue weighted by atomic mass is 16.7. The van der Waals surface area contributed by atoms with Crippen LogP contribution in [0.5, 0.6) is 0 Å². The van der Waals surface area contributed by atoms with Crippen LogP contribution in [0.1, 0.15) is 25.0 Å². The molecule has 23 heavy (non-hydrogen) atoms. The maximum atomic E-state index is 11.4. The van der Waals surface area contributed by atoms with Gasteiger partial charge in [-0.25, -0.2) is 0 Å². The average molecular weight is 316 g/mol. The highest BCUT2D eigenvalue weighted by molar-refractivity contribution is 5.37. The molecule has 0 fully saturated rings. The smallest absolute Gasteiger partial charge is 0.186 e. The lowest BCUT2D eigenvalue weighted by atomic mass is 9.81. The molecule has 2 aromatic carbocycles. The summed E-state index contributed by atoms with van der Waals surface area (Å²) in [5, 5.41) is 22.3. The van der Waals surface area contributed by atoms with Crippen LogP contribution in [0.25, 0.3) is 0 Å². The molecule has 4 nitrogen and oxygen atoms in total. The van der Waals surface area contributed by atoms with Crippen molar-refractivity contribution < 1.29 is 19.7 Å². The van der Waals surface area contributed by atoms with E-state index in [4.69, 9.17) is 9.47 Å². The topological polar surface area (TPSA) is 58.9 Å². The predicted molar refractivity (Wildman–Crippen MR) is 88.9 cm³/mol. The molecule has 2 rings (SSSR count). The van der Waals surface area contributed by atoms with Crippen LogP contribution in [-0.4, -0.2) is 35.8 Å². The van der Waals surface area contributed by atoms with Crippen molar-refractivity contribution in [2.24, 2.45) is 0 Å². The number of ether oxygens (including phenoxy) is 2. The first kappa shape index (κ1) is 17.6. The summed E-state index contributed by atoms with van der Waals surface area (Å²) in [5.74, 6) is 0. The van der Waals surface area contributed by atoms with Gasteiger partial charge < -0.3 is 19.7 Å². The van der Waals surface area contributed by atoms with Crippen molar-refractivity contribution in [3.63, 3.8) is 0 Å². The summed E-state index contributed by atoms with van der Waals surface area (Å²) < 4.78 is 11.0. The molecule has 4 heteroatoms. The molecule has 0 heterocycles. The molecular formula is C19H24O4. The number of rotatable bonds is 8. The zero-order valence-corrected chi connectivity index (χ0v) is 13.6. The molecule has 0 saturated carbocycles. The summed E-state index contributed by atoms with van der Waals surface area (Å²) in [5.41, 5.74) is -0.455. The van der Waals surface area contributed by atoms with Crippen LogP contribution < -0.4 is 0 Å². The lowest BCUT2D eigenvalue weighted by molar-refractivity contribution is -0.230. The highest BCUT2D eigenvalue weighted by Gasteiger charge is 2.44. The number of benzene rings is 2. The van der Waals surface area contributed by atoms with Crippen LogP contribution in [0.3, 0.4) is 0 Å². The van der Waals surface area contributed by atoms with Crippen molar-refractivity contribution >= 4 is 0 Å². The molecule has 0 aliphatic rings. The summed E-state index contributed by atoms with van der Waals surface area (Å²) in [7, 11) is 0. The summed E-state index contributed by atoms with van der Waals surface area (Å²) in [6, 6.07) is 18.2. The van der Waals surface area contributed by atoms with Crippen LogP contribution in [0, 0.1) is 0 Å². The third kappa shape index (κ3) is 3.79. The van der Waals surface area contributed by atoms with Crippen LogP contribution >= 0.6 is 0 Å². The average Bonchev–Trinajstić information content (AvgIpc) is 2.61. The lowest BCUT2D eigenvalue weighted by Gasteiger charge is -2.37. The Bertz CT molecular complexity index is 525. The monoisotopic (exact) mass is 316 g/mol. The minimum absolute atomic E-state index is 0.376. The Hall–Kier alpha value is -1.72. The van der Waals surface area contributed by atoms with Crippen molar-refractivity contribution in [3.8, 4) is 0 Å². The first-order chi connectivity index (χ1) is 11.1. The van der Waals surface area contributed by atoms with Gasteiger partial charge in [-0.3, -0.25) is 0 Å². The predicted octanol–water partition coefficient (Wildman–Crippen LogP) is 2.68. The van der Waals surface area contributed by atoms with Crippen LogP contribution in [-0.2, 0) is 15.1 Å². The van der Waals surface area contributed by atoms with E-state index >= 15 is 0 Å². The first-order valence-electron chi connectivity index (χ1n) is 7.89. The molecule has 0 aliphatic heterocycles. The van der Waals surface area contributed by atoms with E-state index in [1.165, 1.54) is 0 Å². The molecule has 0 radical (unpaired) electrons. The van der Waals surface area contributed by atoms with Crippen molar-refractivity contribution in [1.29, 1.82) is 0 Å². The molecule has 124 valence electrons. The summed E-state index contributed by atoms with van der Waals surface area (Å²) in [6.07, 6.45) is -2.19. The van der Waals surface area contributed by atoms with Crippen molar-refractivity contribution in [1.82, 2.24) is 0 Å². The minimum Gasteiger partial charge on any atom is -0.384 e. The molecule has 0 saturated heterocycles. The van der Waals surface area contributed by atoms with Gasteiger partial charge in [-0.15, -0.1) is 0 Å². The maximum Gasteiger partial charge on any atom is 0.186 e. The molecule has 0 aromatic heterocycles. The van der Waals surface area contributed by atoms with Gasteiger partial charge in [0, 0.05) is 13.2 Å². The van der Waals surface area contributed by atoms with E-state index in [0.29, 0.717) is 24.3 Å². The zero-order chi connectivity index (χ0) is 16.7. The second kappa shape index (κ2) is 8.22. The van der Waals surface area contributed by atoms with E-state index in [2.05, 4.69) is 0 Å². The molecule has 2 N–H and O–H groups in total. The Labute approximate surface area is 137 Å². The fraction of sp³-hybridized carbons (Fsp3) is 0.368. The van der Waals surface area contributed by atoms with Crippen LogP contribution in [0.15, 0.2) is 60.7 Å². The summed E-state index contributed by atoms with van der Waals surface area (Å²) in [4.78, 5) is 0. The van der Waals surface area contributed by atoms with Gasteiger partial charge in [0.15, 0.2) is 6.29 Å². The van der Waals surface area contributed by atoms with Crippen molar-refractivity contribution in [2.45, 2.75) is 31.8 Å². The molecule has 0 amide bonds. The number of aliphatic hydroxyl groups is 2. The van der Waals surface area contributed by atoms with Gasteiger partial charge in [-0.2, -0.15) is 0 Å². The Morgan fingerprint density at radius 2 is 1.22 bits per heavy atom. The van der Waals surface area contributed by atoms with Gasteiger partial charge in [-0.1, -0.05) is 60.7 Å². The summed E-state index contributed by atoms with van der Waals surface area (Å²) in [6.45, 7) is 4.40. The SMILES string of the molecule is CCOC(OCC)[C@@H](O)C(O)(c1ccccc1)c1ccccc1. The Morgan fingerprint density at radius 3 is 1.57 bits per heavy atom. The van der Waals surface area contributed by atoms with Gasteiger partial charge in [0.1, 0.15) is 11.7 Å². The largest absolute Gasteiger partial charge is 0.384 e. The van der Waals surface area contributed by atoms with E-state index in [9.17, 15) is 10.2 Å². The fourth-order valence-electron chi connectivity index (χ4n) is 2.65. The van der Waals surface area contributed by atoms with Crippen LogP contribution in [0.4, 0.5) is 0 Å². The third-order valence-corrected chi connectivity index (χ3v) is 3.78. The molecule has 0 bridgehead atoms. The van der Waals surface area contributed by atoms with E-state index < -0.39 is 18.0 Å². The standard InChI is InChI=1S/C19H24O4/c1-3-22-18(23-4-2)17(20)19(21,15-11-7-5-8-12-15)16-13-9-6-10-14-16/h5-14,17-18,20-21H,3-4H2,1-2H3/t17-/m1/s1. The van der Waals surface area contributed by atoms with E-state index in [0.717, 1.165) is 0 Å². The first-order valence-corrected chi connectivity index (χ1v) is 7.89. The fourth-order valence-corrected chi connectivity index (χ4v) is 2.65. The normalized spacial score (nSPS) is 13.3. The number of hydrogen-bond acceptors (Lipinski definition) is 4. The van der Waals surface area contributed by atoms with E-state index in [1.54, 1.807) is 24.3 Å². The maximum absolute atomic E-state index is 11.4. The lowest BCUT2D eigenvalue weighted by Crippen LogP contribution is -2.49. The highest BCUT2D eigenvalue weighted by Crippen LogP contribution is 2.35. The van der Waals surface area contributed by atoms with Crippen molar-refractivity contribution in [2.75, 3.05) is 13.2 Å². The van der Waals surface area contributed by atoms with E-state index in [1.807, 2.05) is 50.2 Å². The molecule has 1 atom stereocenters. The van der Waals surface area contributed by atoms with Crippen molar-refractivity contribution in [3.05, 3.63) is 71.8 Å². The number of hydrogen-bond donors (Lipinski definition) is 2. The quantitative estimate of drug-likeness (QED) is 0.735. The Kier molecular flexibility index (Phi) is 6.30. The third-order valence-electron chi connectivity index (χ3n) is 3.78. The second-order valence-corrected chi connectivity index (χ2v) is 5.22. The van der Waals surface area contributed by atoms with E-state index in [-0.39, 0.29) is 0 Å². The van der Waals surface area contributed by atoms with Gasteiger partial charge in [0.05, 0.1) is 0 Å². The molecule has 2 aromatic rings. The Morgan fingerprint density at radius 1 is 0.826 bits per heavy atom. The molecule has 0 unspecified atom stereocenters. The zero-order valence-electron chi connectivity index (χ0n) is 13.6. The Balaban J connectivity index is 2.49. The van der Waals surface area contributed by atoms with Crippen LogP contribution in [0.2, 0.25) is 0 Å². The molecule has 0 spiro atoms. The van der Waals surface area contributed by atoms with Gasteiger partial charge in [-0.05, 0) is 25.0 Å². The molecule has 0 aliphatic carbocycles. The minimum atomic E-state index is -1.63. The summed E-state index contributed by atoms with van der Waals surface area (Å²) >= 11 is 0. The van der Waals surface area contributed by atoms with Gasteiger partial charge in [0.2, 0.25) is 0 Å².